The fraction of sp³-hybridized carbons (Fsp3) is 0.0870. The van der Waals surface area contributed by atoms with Crippen molar-refractivity contribution in [2.24, 2.45) is 0 Å². The normalized spacial score (nSPS) is 10.7. The molecule has 4 rings (SSSR count). The van der Waals surface area contributed by atoms with Crippen molar-refractivity contribution in [1.29, 1.82) is 0 Å². The van der Waals surface area contributed by atoms with Crippen molar-refractivity contribution in [1.82, 2.24) is 9.55 Å². The average molecular weight is 464 g/mol. The number of halogens is 1. The minimum atomic E-state index is -0.627. The van der Waals surface area contributed by atoms with Crippen LogP contribution in [0.2, 0.25) is 0 Å². The molecule has 2 aromatic heterocycles. The number of carbonyl (C=O) groups excluding carboxylic acids is 1. The first-order valence-electron chi connectivity index (χ1n) is 9.81. The Morgan fingerprint density at radius 1 is 1.09 bits per heavy atom. The maximum Gasteiger partial charge on any atom is 0.285 e. The molecule has 0 aliphatic rings. The van der Waals surface area contributed by atoms with Gasteiger partial charge >= 0.3 is 0 Å². The van der Waals surface area contributed by atoms with E-state index in [1.807, 2.05) is 30.3 Å². The van der Waals surface area contributed by atoms with Gasteiger partial charge in [-0.1, -0.05) is 30.3 Å². The molecule has 0 fully saturated rings. The Kier molecular flexibility index (Phi) is 6.36. The lowest BCUT2D eigenvalue weighted by Crippen LogP contribution is -2.36. The summed E-state index contributed by atoms with van der Waals surface area (Å²) in [6.45, 7) is -0.196. The molecule has 0 N–H and O–H groups in total. The van der Waals surface area contributed by atoms with Crippen LogP contribution in [0, 0.1) is 15.9 Å². The number of nitro groups is 1. The summed E-state index contributed by atoms with van der Waals surface area (Å²) >= 11 is 1.23. The molecule has 0 saturated heterocycles. The van der Waals surface area contributed by atoms with E-state index in [0.29, 0.717) is 16.4 Å². The summed E-state index contributed by atoms with van der Waals surface area (Å²) in [6, 6.07) is 17.3. The van der Waals surface area contributed by atoms with Crippen LogP contribution in [0.1, 0.15) is 5.56 Å². The van der Waals surface area contributed by atoms with E-state index in [-0.39, 0.29) is 18.0 Å². The van der Waals surface area contributed by atoms with Crippen LogP contribution in [0.5, 0.6) is 0 Å². The van der Waals surface area contributed by atoms with Gasteiger partial charge in [-0.15, -0.1) is 11.3 Å². The SMILES string of the molecule is O=C(Cn1cc([N+](=O)[O-])ccc1=O)N(Cc1ccccc1)c1nc(-c2ccc(F)cc2)cs1. The summed E-state index contributed by atoms with van der Waals surface area (Å²) in [7, 11) is 0. The quantitative estimate of drug-likeness (QED) is 0.301. The number of anilines is 1. The number of hydrogen-bond donors (Lipinski definition) is 0. The largest absolute Gasteiger partial charge is 0.299 e. The Balaban J connectivity index is 1.66. The molecule has 0 atom stereocenters. The van der Waals surface area contributed by atoms with Gasteiger partial charge in [0.25, 0.3) is 11.2 Å². The third-order valence-corrected chi connectivity index (χ3v) is 5.70. The maximum absolute atomic E-state index is 13.3. The Bertz CT molecular complexity index is 1350. The zero-order valence-corrected chi connectivity index (χ0v) is 17.9. The van der Waals surface area contributed by atoms with E-state index in [9.17, 15) is 24.1 Å². The summed E-state index contributed by atoms with van der Waals surface area (Å²) in [6.07, 6.45) is 1.05. The third-order valence-electron chi connectivity index (χ3n) is 4.83. The van der Waals surface area contributed by atoms with Crippen molar-refractivity contribution in [3.63, 3.8) is 0 Å². The molecule has 0 radical (unpaired) electrons. The van der Waals surface area contributed by atoms with Gasteiger partial charge in [-0.3, -0.25) is 29.2 Å². The Hall–Kier alpha value is -4.18. The van der Waals surface area contributed by atoms with Gasteiger partial charge in [0.05, 0.1) is 23.4 Å². The minimum absolute atomic E-state index is 0.194. The molecule has 8 nitrogen and oxygen atoms in total. The highest BCUT2D eigenvalue weighted by atomic mass is 32.1. The van der Waals surface area contributed by atoms with E-state index < -0.39 is 22.9 Å². The van der Waals surface area contributed by atoms with Gasteiger partial charge in [0.2, 0.25) is 5.91 Å². The summed E-state index contributed by atoms with van der Waals surface area (Å²) in [5.74, 6) is -0.820. The number of rotatable bonds is 7. The lowest BCUT2D eigenvalue weighted by molar-refractivity contribution is -0.385. The molecular weight excluding hydrogens is 447 g/mol. The number of aromatic nitrogens is 2. The zero-order chi connectivity index (χ0) is 23.4. The van der Waals surface area contributed by atoms with Crippen molar-refractivity contribution in [2.75, 3.05) is 4.90 Å². The summed E-state index contributed by atoms with van der Waals surface area (Å²) in [4.78, 5) is 41.9. The molecule has 0 spiro atoms. The molecule has 166 valence electrons. The van der Waals surface area contributed by atoms with Gasteiger partial charge in [-0.25, -0.2) is 9.37 Å². The molecule has 0 unspecified atom stereocenters. The Labute approximate surface area is 191 Å². The molecule has 1 amide bonds. The van der Waals surface area contributed by atoms with Gasteiger partial charge in [0.15, 0.2) is 5.13 Å². The highest BCUT2D eigenvalue weighted by Gasteiger charge is 2.22. The number of pyridine rings is 1. The number of hydrogen-bond acceptors (Lipinski definition) is 6. The Morgan fingerprint density at radius 3 is 2.52 bits per heavy atom. The van der Waals surface area contributed by atoms with Crippen molar-refractivity contribution in [2.45, 2.75) is 13.1 Å². The number of amides is 1. The first-order valence-corrected chi connectivity index (χ1v) is 10.7. The second kappa shape index (κ2) is 9.53. The van der Waals surface area contributed by atoms with E-state index in [4.69, 9.17) is 0 Å². The first kappa shape index (κ1) is 22.0. The van der Waals surface area contributed by atoms with Gasteiger partial charge in [-0.2, -0.15) is 0 Å². The van der Waals surface area contributed by atoms with Crippen LogP contribution in [-0.4, -0.2) is 20.4 Å². The molecule has 0 aliphatic heterocycles. The zero-order valence-electron chi connectivity index (χ0n) is 17.1. The standard InChI is InChI=1S/C23H17FN4O4S/c24-18-8-6-17(7-9-18)20-15-33-23(25-20)27(12-16-4-2-1-3-5-16)22(30)14-26-13-19(28(31)32)10-11-21(26)29/h1-11,13,15H,12,14H2. The molecule has 4 aromatic rings. The molecule has 33 heavy (non-hydrogen) atoms. The fourth-order valence-corrected chi connectivity index (χ4v) is 4.00. The van der Waals surface area contributed by atoms with Crippen LogP contribution in [0.15, 0.2) is 83.1 Å². The predicted molar refractivity (Wildman–Crippen MR) is 122 cm³/mol. The second-order valence-electron chi connectivity index (χ2n) is 7.10. The van der Waals surface area contributed by atoms with Gasteiger partial charge in [0, 0.05) is 23.1 Å². The lowest BCUT2D eigenvalue weighted by Gasteiger charge is -2.20. The van der Waals surface area contributed by atoms with E-state index in [2.05, 4.69) is 4.98 Å². The Morgan fingerprint density at radius 2 is 1.82 bits per heavy atom. The van der Waals surface area contributed by atoms with Crippen molar-refractivity contribution in [3.05, 3.63) is 110 Å². The number of carbonyl (C=O) groups is 1. The molecule has 0 bridgehead atoms. The van der Waals surface area contributed by atoms with Crippen LogP contribution in [0.25, 0.3) is 11.3 Å². The third kappa shape index (κ3) is 5.18. The number of thiazole rings is 1. The van der Waals surface area contributed by atoms with E-state index in [1.165, 1.54) is 28.4 Å². The lowest BCUT2D eigenvalue weighted by atomic mass is 10.2. The summed E-state index contributed by atoms with van der Waals surface area (Å²) < 4.78 is 14.3. The predicted octanol–water partition coefficient (Wildman–Crippen LogP) is 4.25. The topological polar surface area (TPSA) is 98.3 Å². The molecule has 10 heteroatoms. The van der Waals surface area contributed by atoms with Gasteiger partial charge in [-0.05, 0) is 29.8 Å². The molecule has 2 aromatic carbocycles. The second-order valence-corrected chi connectivity index (χ2v) is 7.93. The number of nitrogens with zero attached hydrogens (tertiary/aromatic N) is 4. The van der Waals surface area contributed by atoms with E-state index in [0.717, 1.165) is 28.5 Å². The molecular formula is C23H17FN4O4S. The smallest absolute Gasteiger partial charge is 0.285 e. The monoisotopic (exact) mass is 464 g/mol. The van der Waals surface area contributed by atoms with Gasteiger partial charge < -0.3 is 0 Å². The number of benzene rings is 2. The molecule has 0 saturated carbocycles. The van der Waals surface area contributed by atoms with Crippen molar-refractivity contribution in [3.8, 4) is 11.3 Å². The van der Waals surface area contributed by atoms with Crippen LogP contribution in [-0.2, 0) is 17.9 Å². The van der Waals surface area contributed by atoms with Crippen LogP contribution < -0.4 is 10.5 Å². The fourth-order valence-electron chi connectivity index (χ4n) is 3.15. The summed E-state index contributed by atoms with van der Waals surface area (Å²) in [5, 5.41) is 13.2. The van der Waals surface area contributed by atoms with Crippen molar-refractivity contribution >= 4 is 28.1 Å². The summed E-state index contributed by atoms with van der Waals surface area (Å²) in [5.41, 5.74) is 1.30. The average Bonchev–Trinajstić information content (AvgIpc) is 3.29. The van der Waals surface area contributed by atoms with Crippen LogP contribution in [0.4, 0.5) is 15.2 Å². The van der Waals surface area contributed by atoms with Crippen molar-refractivity contribution < 1.29 is 14.1 Å². The van der Waals surface area contributed by atoms with Crippen LogP contribution >= 0.6 is 11.3 Å². The highest BCUT2D eigenvalue weighted by Crippen LogP contribution is 2.29. The highest BCUT2D eigenvalue weighted by molar-refractivity contribution is 7.14. The van der Waals surface area contributed by atoms with Gasteiger partial charge in [0.1, 0.15) is 12.4 Å². The van der Waals surface area contributed by atoms with E-state index in [1.54, 1.807) is 17.5 Å². The minimum Gasteiger partial charge on any atom is -0.299 e. The molecule has 0 aliphatic carbocycles. The van der Waals surface area contributed by atoms with Crippen LogP contribution in [0.3, 0.4) is 0 Å². The van der Waals surface area contributed by atoms with E-state index >= 15 is 0 Å². The maximum atomic E-state index is 13.3. The first-order chi connectivity index (χ1) is 15.9. The molecule has 2 heterocycles.